The van der Waals surface area contributed by atoms with Gasteiger partial charge in [-0.15, -0.1) is 0 Å². The SMILES string of the molecule is CC(=O)OC[C@]12COC(=O)CCCC[C@@H]3C[C@](C)(O1)[C@@H]3C(=O)O2. The normalized spacial score (nSPS) is 40.1. The molecule has 3 saturated heterocycles. The minimum absolute atomic E-state index is 0.217. The van der Waals surface area contributed by atoms with Crippen LogP contribution in [0.2, 0.25) is 0 Å². The first kappa shape index (κ1) is 16.2. The van der Waals surface area contributed by atoms with E-state index < -0.39 is 17.4 Å². The Morgan fingerprint density at radius 1 is 1.35 bits per heavy atom. The number of carbonyl (C=O) groups is 3. The zero-order chi connectivity index (χ0) is 16.7. The van der Waals surface area contributed by atoms with E-state index in [9.17, 15) is 14.4 Å². The standard InChI is InChI=1S/C16H22O7/c1-10(17)20-8-16-9-21-12(18)6-4-3-5-11-7-15(2,23-16)13(11)14(19)22-16/h11,13H,3-9H2,1-2H3/t11-,13+,15+,16-/m1/s1. The van der Waals surface area contributed by atoms with E-state index in [2.05, 4.69) is 0 Å². The molecule has 0 aromatic carbocycles. The maximum Gasteiger partial charge on any atom is 0.314 e. The van der Waals surface area contributed by atoms with Crippen molar-refractivity contribution in [2.24, 2.45) is 11.8 Å². The molecular weight excluding hydrogens is 304 g/mol. The van der Waals surface area contributed by atoms with Crippen molar-refractivity contribution in [3.63, 3.8) is 0 Å². The number of carbonyl (C=O) groups excluding carboxylic acids is 3. The predicted molar refractivity (Wildman–Crippen MR) is 76.0 cm³/mol. The highest BCUT2D eigenvalue weighted by molar-refractivity contribution is 5.77. The fourth-order valence-electron chi connectivity index (χ4n) is 3.92. The maximum absolute atomic E-state index is 12.5. The van der Waals surface area contributed by atoms with Crippen LogP contribution in [0.4, 0.5) is 0 Å². The molecule has 0 radical (unpaired) electrons. The Bertz CT molecular complexity index is 531. The van der Waals surface area contributed by atoms with Crippen molar-refractivity contribution in [3.8, 4) is 0 Å². The molecule has 4 aliphatic rings. The summed E-state index contributed by atoms with van der Waals surface area (Å²) >= 11 is 0. The number of ether oxygens (including phenoxy) is 4. The topological polar surface area (TPSA) is 88.1 Å². The van der Waals surface area contributed by atoms with Gasteiger partial charge in [0, 0.05) is 13.3 Å². The quantitative estimate of drug-likeness (QED) is 0.559. The minimum atomic E-state index is -1.55. The van der Waals surface area contributed by atoms with Crippen LogP contribution in [0.15, 0.2) is 0 Å². The molecule has 0 aromatic rings. The highest BCUT2D eigenvalue weighted by Crippen LogP contribution is 2.54. The van der Waals surface area contributed by atoms with Gasteiger partial charge in [-0.2, -0.15) is 0 Å². The number of rotatable bonds is 2. The first-order valence-corrected chi connectivity index (χ1v) is 8.06. The molecule has 4 rings (SSSR count). The number of hydrogen-bond acceptors (Lipinski definition) is 7. The molecule has 7 nitrogen and oxygen atoms in total. The van der Waals surface area contributed by atoms with Crippen LogP contribution in [0.5, 0.6) is 0 Å². The Hall–Kier alpha value is -1.63. The van der Waals surface area contributed by atoms with E-state index in [0.29, 0.717) is 6.42 Å². The van der Waals surface area contributed by atoms with Gasteiger partial charge in [-0.05, 0) is 32.1 Å². The minimum Gasteiger partial charge on any atom is -0.459 e. The van der Waals surface area contributed by atoms with E-state index in [4.69, 9.17) is 18.9 Å². The summed E-state index contributed by atoms with van der Waals surface area (Å²) in [6.45, 7) is 2.57. The van der Waals surface area contributed by atoms with Crippen molar-refractivity contribution >= 4 is 17.9 Å². The van der Waals surface area contributed by atoms with Gasteiger partial charge in [-0.25, -0.2) is 0 Å². The molecule has 4 fully saturated rings. The van der Waals surface area contributed by atoms with Crippen LogP contribution < -0.4 is 0 Å². The maximum atomic E-state index is 12.5. The highest BCUT2D eigenvalue weighted by Gasteiger charge is 2.64. The third kappa shape index (κ3) is 3.06. The Morgan fingerprint density at radius 3 is 2.83 bits per heavy atom. The Kier molecular flexibility index (Phi) is 4.08. The molecule has 1 aliphatic carbocycles. The molecule has 3 heterocycles. The smallest absolute Gasteiger partial charge is 0.314 e. The van der Waals surface area contributed by atoms with Gasteiger partial charge in [0.1, 0.15) is 0 Å². The van der Waals surface area contributed by atoms with Crippen LogP contribution in [0.25, 0.3) is 0 Å². The average Bonchev–Trinajstić information content (AvgIpc) is 2.43. The molecule has 0 aromatic heterocycles. The summed E-state index contributed by atoms with van der Waals surface area (Å²) in [7, 11) is 0. The first-order valence-electron chi connectivity index (χ1n) is 8.06. The number of fused-ring (bicyclic) bond motifs is 7. The molecule has 3 aliphatic heterocycles. The number of esters is 3. The molecule has 23 heavy (non-hydrogen) atoms. The van der Waals surface area contributed by atoms with Gasteiger partial charge in [0.15, 0.2) is 13.2 Å². The third-order valence-corrected chi connectivity index (χ3v) is 4.91. The summed E-state index contributed by atoms with van der Waals surface area (Å²) in [6.07, 6.45) is 3.56. The summed E-state index contributed by atoms with van der Waals surface area (Å²) in [6, 6.07) is 0. The molecular formula is C16H22O7. The Balaban J connectivity index is 1.85. The van der Waals surface area contributed by atoms with E-state index in [1.165, 1.54) is 6.92 Å². The average molecular weight is 326 g/mol. The van der Waals surface area contributed by atoms with Gasteiger partial charge in [-0.1, -0.05) is 6.42 Å². The van der Waals surface area contributed by atoms with Crippen molar-refractivity contribution in [1.29, 1.82) is 0 Å². The van der Waals surface area contributed by atoms with Gasteiger partial charge >= 0.3 is 17.9 Å². The van der Waals surface area contributed by atoms with E-state index in [1.807, 2.05) is 6.92 Å². The predicted octanol–water partition coefficient (Wildman–Crippen LogP) is 1.33. The second-order valence-corrected chi connectivity index (χ2v) is 6.88. The van der Waals surface area contributed by atoms with Crippen molar-refractivity contribution in [2.75, 3.05) is 13.2 Å². The molecule has 1 saturated carbocycles. The molecule has 0 unspecified atom stereocenters. The second kappa shape index (κ2) is 5.78. The number of hydrogen-bond donors (Lipinski definition) is 0. The lowest BCUT2D eigenvalue weighted by Gasteiger charge is -2.58. The van der Waals surface area contributed by atoms with Crippen molar-refractivity contribution in [2.45, 2.75) is 57.3 Å². The third-order valence-electron chi connectivity index (χ3n) is 4.91. The van der Waals surface area contributed by atoms with Crippen LogP contribution in [0.3, 0.4) is 0 Å². The van der Waals surface area contributed by atoms with Crippen molar-refractivity contribution in [3.05, 3.63) is 0 Å². The van der Waals surface area contributed by atoms with Gasteiger partial charge in [0.2, 0.25) is 0 Å². The molecule has 7 heteroatoms. The molecule has 4 bridgehead atoms. The lowest BCUT2D eigenvalue weighted by Crippen LogP contribution is -2.69. The van der Waals surface area contributed by atoms with Crippen LogP contribution in [0.1, 0.15) is 46.0 Å². The van der Waals surface area contributed by atoms with E-state index in [-0.39, 0.29) is 37.0 Å². The molecule has 0 spiro atoms. The fraction of sp³-hybridized carbons (Fsp3) is 0.812. The Morgan fingerprint density at radius 2 is 2.13 bits per heavy atom. The zero-order valence-electron chi connectivity index (χ0n) is 13.5. The largest absolute Gasteiger partial charge is 0.459 e. The van der Waals surface area contributed by atoms with Gasteiger partial charge in [0.05, 0.1) is 11.5 Å². The zero-order valence-corrected chi connectivity index (χ0v) is 13.5. The fourth-order valence-corrected chi connectivity index (χ4v) is 3.92. The molecule has 0 amide bonds. The van der Waals surface area contributed by atoms with Gasteiger partial charge < -0.3 is 18.9 Å². The van der Waals surface area contributed by atoms with Crippen LogP contribution >= 0.6 is 0 Å². The van der Waals surface area contributed by atoms with E-state index in [0.717, 1.165) is 25.7 Å². The molecule has 4 atom stereocenters. The second-order valence-electron chi connectivity index (χ2n) is 6.88. The monoisotopic (exact) mass is 326 g/mol. The Labute approximate surface area is 134 Å². The summed E-state index contributed by atoms with van der Waals surface area (Å²) in [5, 5.41) is 0. The summed E-state index contributed by atoms with van der Waals surface area (Å²) < 4.78 is 21.7. The van der Waals surface area contributed by atoms with Crippen molar-refractivity contribution < 1.29 is 33.3 Å². The van der Waals surface area contributed by atoms with E-state index >= 15 is 0 Å². The van der Waals surface area contributed by atoms with Gasteiger partial charge in [0.25, 0.3) is 5.79 Å². The van der Waals surface area contributed by atoms with Crippen molar-refractivity contribution in [1.82, 2.24) is 0 Å². The summed E-state index contributed by atoms with van der Waals surface area (Å²) in [4.78, 5) is 35.4. The van der Waals surface area contributed by atoms with Gasteiger partial charge in [-0.3, -0.25) is 14.4 Å². The highest BCUT2D eigenvalue weighted by atomic mass is 16.8. The van der Waals surface area contributed by atoms with E-state index in [1.54, 1.807) is 0 Å². The van der Waals surface area contributed by atoms with Crippen LogP contribution in [-0.4, -0.2) is 42.5 Å². The van der Waals surface area contributed by atoms with Crippen LogP contribution in [0, 0.1) is 11.8 Å². The van der Waals surface area contributed by atoms with Crippen LogP contribution in [-0.2, 0) is 33.3 Å². The molecule has 0 N–H and O–H groups in total. The lowest BCUT2D eigenvalue weighted by molar-refractivity contribution is -0.366. The summed E-state index contributed by atoms with van der Waals surface area (Å²) in [5.41, 5.74) is -0.661. The summed E-state index contributed by atoms with van der Waals surface area (Å²) in [5.74, 6) is -2.88. The molecule has 128 valence electrons. The lowest BCUT2D eigenvalue weighted by atomic mass is 9.59. The first-order chi connectivity index (χ1) is 10.8.